The summed E-state index contributed by atoms with van der Waals surface area (Å²) in [6, 6.07) is 10.0. The smallest absolute Gasteiger partial charge is 0.320 e. The lowest BCUT2D eigenvalue weighted by Crippen LogP contribution is -2.57. The topological polar surface area (TPSA) is 85.8 Å². The molecule has 1 aromatic heterocycles. The minimum Gasteiger partial charge on any atom is -0.393 e. The molecule has 7 nitrogen and oxygen atoms in total. The maximum absolute atomic E-state index is 13.5. The second-order valence-electron chi connectivity index (χ2n) is 9.38. The van der Waals surface area contributed by atoms with Gasteiger partial charge >= 0.3 is 6.03 Å². The molecule has 174 valence electrons. The molecule has 33 heavy (non-hydrogen) atoms. The number of piperidine rings is 2. The minimum absolute atomic E-state index is 0.0186. The quantitative estimate of drug-likeness (QED) is 0.749. The van der Waals surface area contributed by atoms with E-state index in [1.807, 2.05) is 9.80 Å². The predicted octanol–water partition coefficient (Wildman–Crippen LogP) is 3.19. The van der Waals surface area contributed by atoms with Gasteiger partial charge in [-0.25, -0.2) is 9.18 Å². The number of aliphatic hydroxyl groups is 1. The maximum Gasteiger partial charge on any atom is 0.320 e. The monoisotopic (exact) mass is 452 g/mol. The molecule has 0 radical (unpaired) electrons. The summed E-state index contributed by atoms with van der Waals surface area (Å²) in [4.78, 5) is 34.1. The molecule has 2 atom stereocenters. The van der Waals surface area contributed by atoms with Gasteiger partial charge in [0, 0.05) is 43.0 Å². The summed E-state index contributed by atoms with van der Waals surface area (Å²) in [6.45, 7) is 1.21. The number of halogens is 1. The number of carbonyl (C=O) groups is 2. The van der Waals surface area contributed by atoms with Crippen LogP contribution in [-0.4, -0.2) is 69.1 Å². The highest BCUT2D eigenvalue weighted by atomic mass is 19.1. The molecule has 2 aromatic rings. The van der Waals surface area contributed by atoms with Gasteiger partial charge < -0.3 is 20.2 Å². The first-order valence-corrected chi connectivity index (χ1v) is 11.8. The van der Waals surface area contributed by atoms with Gasteiger partial charge in [-0.15, -0.1) is 0 Å². The Hall–Kier alpha value is -3.00. The van der Waals surface area contributed by atoms with Crippen molar-refractivity contribution < 1.29 is 19.1 Å². The van der Waals surface area contributed by atoms with Crippen LogP contribution in [0.5, 0.6) is 0 Å². The number of nitrogens with one attached hydrogen (secondary N) is 1. The van der Waals surface area contributed by atoms with E-state index in [1.165, 1.54) is 18.3 Å². The Morgan fingerprint density at radius 3 is 2.39 bits per heavy atom. The third-order valence-electron chi connectivity index (χ3n) is 7.17. The largest absolute Gasteiger partial charge is 0.393 e. The number of nitrogens with zero attached hydrogens (tertiary/aromatic N) is 3. The standard InChI is InChI=1S/C25H29FN4O3/c26-18-3-1-2-16(12-18)23-7-4-17(15-27-23)24(32)28-19-13-20-5-6-21(14-19)30(20)25(33)29-10-8-22(31)9-11-29/h1-4,7,12,15,19-22,31H,5-6,8-11,13-14H2,(H,28,32). The number of urea groups is 1. The molecule has 3 saturated heterocycles. The number of aliphatic hydroxyl groups excluding tert-OH is 1. The Morgan fingerprint density at radius 1 is 1.03 bits per heavy atom. The zero-order chi connectivity index (χ0) is 22.9. The van der Waals surface area contributed by atoms with Crippen LogP contribution in [0.15, 0.2) is 42.6 Å². The molecule has 2 N–H and O–H groups in total. The SMILES string of the molecule is O=C(NC1CC2CCC(C1)N2C(=O)N1CCC(O)CC1)c1ccc(-c2cccc(F)c2)nc1. The van der Waals surface area contributed by atoms with E-state index in [1.54, 1.807) is 24.3 Å². The Kier molecular flexibility index (Phi) is 6.01. The van der Waals surface area contributed by atoms with Gasteiger partial charge in [0.25, 0.3) is 5.91 Å². The average Bonchev–Trinajstić information content (AvgIpc) is 3.09. The van der Waals surface area contributed by atoms with Gasteiger partial charge in [0.1, 0.15) is 5.82 Å². The number of aromatic nitrogens is 1. The van der Waals surface area contributed by atoms with Crippen LogP contribution in [-0.2, 0) is 0 Å². The second-order valence-corrected chi connectivity index (χ2v) is 9.38. The lowest BCUT2D eigenvalue weighted by molar-refractivity contribution is 0.0623. The highest BCUT2D eigenvalue weighted by Gasteiger charge is 2.45. The Labute approximate surface area is 192 Å². The zero-order valence-corrected chi connectivity index (χ0v) is 18.5. The molecule has 8 heteroatoms. The lowest BCUT2D eigenvalue weighted by atomic mass is 9.97. The normalized spacial score (nSPS) is 25.2. The van der Waals surface area contributed by atoms with Crippen LogP contribution in [0.4, 0.5) is 9.18 Å². The molecular weight excluding hydrogens is 423 g/mol. The molecule has 5 rings (SSSR count). The number of rotatable bonds is 3. The molecule has 3 amide bonds. The summed E-state index contributed by atoms with van der Waals surface area (Å²) in [6.07, 6.45) is 5.92. The summed E-state index contributed by atoms with van der Waals surface area (Å²) in [5.74, 6) is -0.504. The van der Waals surface area contributed by atoms with Crippen molar-refractivity contribution in [3.63, 3.8) is 0 Å². The molecule has 0 aliphatic carbocycles. The van der Waals surface area contributed by atoms with E-state index in [4.69, 9.17) is 0 Å². The van der Waals surface area contributed by atoms with Crippen molar-refractivity contribution in [2.45, 2.75) is 62.8 Å². The van der Waals surface area contributed by atoms with Crippen LogP contribution < -0.4 is 5.32 Å². The van der Waals surface area contributed by atoms with Crippen molar-refractivity contribution in [2.75, 3.05) is 13.1 Å². The molecule has 3 aliphatic heterocycles. The highest BCUT2D eigenvalue weighted by Crippen LogP contribution is 2.37. The van der Waals surface area contributed by atoms with Crippen LogP contribution >= 0.6 is 0 Å². The number of amides is 3. The molecule has 2 bridgehead atoms. The molecule has 0 spiro atoms. The molecule has 1 aromatic carbocycles. The zero-order valence-electron chi connectivity index (χ0n) is 18.5. The van der Waals surface area contributed by atoms with Crippen LogP contribution in [0, 0.1) is 5.82 Å². The van der Waals surface area contributed by atoms with Gasteiger partial charge in [0.15, 0.2) is 0 Å². The molecule has 0 saturated carbocycles. The first-order valence-electron chi connectivity index (χ1n) is 11.8. The summed E-state index contributed by atoms with van der Waals surface area (Å²) in [5.41, 5.74) is 1.74. The van der Waals surface area contributed by atoms with Crippen LogP contribution in [0.1, 0.15) is 48.9 Å². The summed E-state index contributed by atoms with van der Waals surface area (Å²) in [7, 11) is 0. The van der Waals surface area contributed by atoms with Gasteiger partial charge in [-0.2, -0.15) is 0 Å². The third-order valence-corrected chi connectivity index (χ3v) is 7.17. The number of pyridine rings is 1. The molecule has 2 unspecified atom stereocenters. The van der Waals surface area contributed by atoms with Gasteiger partial charge in [-0.1, -0.05) is 12.1 Å². The predicted molar refractivity (Wildman–Crippen MR) is 121 cm³/mol. The van der Waals surface area contributed by atoms with E-state index in [2.05, 4.69) is 10.3 Å². The lowest BCUT2D eigenvalue weighted by Gasteiger charge is -2.42. The van der Waals surface area contributed by atoms with Gasteiger partial charge in [0.05, 0.1) is 17.4 Å². The fraction of sp³-hybridized carbons (Fsp3) is 0.480. The van der Waals surface area contributed by atoms with E-state index in [0.29, 0.717) is 42.8 Å². The maximum atomic E-state index is 13.5. The van der Waals surface area contributed by atoms with E-state index in [9.17, 15) is 19.1 Å². The fourth-order valence-corrected chi connectivity index (χ4v) is 5.44. The number of hydrogen-bond acceptors (Lipinski definition) is 4. The highest BCUT2D eigenvalue weighted by molar-refractivity contribution is 5.94. The summed E-state index contributed by atoms with van der Waals surface area (Å²) in [5, 5.41) is 12.8. The number of hydrogen-bond donors (Lipinski definition) is 2. The fourth-order valence-electron chi connectivity index (χ4n) is 5.44. The van der Waals surface area contributed by atoms with Gasteiger partial charge in [-0.05, 0) is 62.8 Å². The number of fused-ring (bicyclic) bond motifs is 2. The van der Waals surface area contributed by atoms with Crippen molar-refractivity contribution in [3.8, 4) is 11.3 Å². The first-order chi connectivity index (χ1) is 16.0. The van der Waals surface area contributed by atoms with Crippen molar-refractivity contribution in [1.29, 1.82) is 0 Å². The van der Waals surface area contributed by atoms with E-state index >= 15 is 0 Å². The van der Waals surface area contributed by atoms with E-state index in [-0.39, 0.29) is 42.0 Å². The Morgan fingerprint density at radius 2 is 1.76 bits per heavy atom. The van der Waals surface area contributed by atoms with E-state index < -0.39 is 0 Å². The number of benzene rings is 1. The average molecular weight is 453 g/mol. The van der Waals surface area contributed by atoms with E-state index in [0.717, 1.165) is 25.7 Å². The summed E-state index contributed by atoms with van der Waals surface area (Å²) < 4.78 is 13.5. The van der Waals surface area contributed by atoms with Crippen molar-refractivity contribution in [1.82, 2.24) is 20.1 Å². The van der Waals surface area contributed by atoms with Gasteiger partial charge in [0.2, 0.25) is 0 Å². The number of carbonyl (C=O) groups excluding carboxylic acids is 2. The van der Waals surface area contributed by atoms with Crippen molar-refractivity contribution >= 4 is 11.9 Å². The number of likely N-dealkylation sites (tertiary alicyclic amines) is 1. The molecule has 4 heterocycles. The van der Waals surface area contributed by atoms with Crippen LogP contribution in [0.25, 0.3) is 11.3 Å². The van der Waals surface area contributed by atoms with Crippen molar-refractivity contribution in [2.24, 2.45) is 0 Å². The first kappa shape index (κ1) is 21.8. The van der Waals surface area contributed by atoms with Crippen molar-refractivity contribution in [3.05, 3.63) is 54.0 Å². The van der Waals surface area contributed by atoms with Crippen LogP contribution in [0.3, 0.4) is 0 Å². The molecular formula is C25H29FN4O3. The second kappa shape index (κ2) is 9.09. The Bertz CT molecular complexity index is 1010. The van der Waals surface area contributed by atoms with Gasteiger partial charge in [-0.3, -0.25) is 9.78 Å². The van der Waals surface area contributed by atoms with Crippen LogP contribution in [0.2, 0.25) is 0 Å². The molecule has 3 fully saturated rings. The minimum atomic E-state index is -0.326. The third kappa shape index (κ3) is 4.57. The Balaban J connectivity index is 1.19. The molecule has 3 aliphatic rings. The summed E-state index contributed by atoms with van der Waals surface area (Å²) >= 11 is 0.